The Hall–Kier alpha value is -0.780. The Morgan fingerprint density at radius 1 is 1.21 bits per heavy atom. The number of halogens is 3. The number of rotatable bonds is 2. The van der Waals surface area contributed by atoms with Crippen molar-refractivity contribution in [3.8, 4) is 0 Å². The van der Waals surface area contributed by atoms with Crippen molar-refractivity contribution in [2.24, 2.45) is 11.8 Å². The Kier molecular flexibility index (Phi) is 4.38. The molecule has 0 aromatic rings. The molecule has 0 bridgehead atoms. The number of carbonyl (C=O) groups is 1. The van der Waals surface area contributed by atoms with E-state index in [0.29, 0.717) is 19.3 Å². The van der Waals surface area contributed by atoms with E-state index in [1.165, 1.54) is 0 Å². The lowest BCUT2D eigenvalue weighted by Crippen LogP contribution is -2.50. The molecule has 4 atom stereocenters. The van der Waals surface area contributed by atoms with Crippen LogP contribution in [-0.2, 0) is 4.79 Å². The molecule has 1 heterocycles. The third-order valence-corrected chi connectivity index (χ3v) is 4.38. The van der Waals surface area contributed by atoms with E-state index in [4.69, 9.17) is 0 Å². The second kappa shape index (κ2) is 5.69. The smallest absolute Gasteiger partial charge is 0.352 e. The number of hydrogen-bond acceptors (Lipinski definition) is 2. The van der Waals surface area contributed by atoms with Gasteiger partial charge in [0.15, 0.2) is 0 Å². The maximum absolute atomic E-state index is 12.9. The fraction of sp³-hybridized carbons (Fsp3) is 0.923. The molecule has 1 aliphatic heterocycles. The van der Waals surface area contributed by atoms with Crippen LogP contribution in [0.15, 0.2) is 0 Å². The largest absolute Gasteiger partial charge is 0.393 e. The lowest BCUT2D eigenvalue weighted by atomic mass is 9.83. The fourth-order valence-corrected chi connectivity index (χ4v) is 3.20. The molecular weight excluding hydrogens is 257 g/mol. The summed E-state index contributed by atoms with van der Waals surface area (Å²) in [6.45, 7) is 2.66. The molecule has 110 valence electrons. The molecule has 1 amide bonds. The Labute approximate surface area is 111 Å². The van der Waals surface area contributed by atoms with Crippen LogP contribution in [-0.4, -0.2) is 30.7 Å². The molecular formula is C13H21F3N2O. The second-order valence-electron chi connectivity index (χ2n) is 5.69. The van der Waals surface area contributed by atoms with Gasteiger partial charge in [0.25, 0.3) is 0 Å². The average Bonchev–Trinajstić information content (AvgIpc) is 2.75. The van der Waals surface area contributed by atoms with Gasteiger partial charge in [0.2, 0.25) is 5.91 Å². The van der Waals surface area contributed by atoms with Gasteiger partial charge in [-0.2, -0.15) is 13.2 Å². The quantitative estimate of drug-likeness (QED) is 0.813. The minimum absolute atomic E-state index is 0.0490. The molecule has 6 heteroatoms. The molecule has 0 spiro atoms. The van der Waals surface area contributed by atoms with Gasteiger partial charge in [0.1, 0.15) is 0 Å². The lowest BCUT2D eigenvalue weighted by Gasteiger charge is -2.34. The number of alkyl halides is 3. The van der Waals surface area contributed by atoms with Gasteiger partial charge in [-0.15, -0.1) is 0 Å². The van der Waals surface area contributed by atoms with Crippen molar-refractivity contribution >= 4 is 5.91 Å². The van der Waals surface area contributed by atoms with E-state index in [-0.39, 0.29) is 24.3 Å². The van der Waals surface area contributed by atoms with Gasteiger partial charge in [0.05, 0.1) is 11.8 Å². The zero-order valence-electron chi connectivity index (χ0n) is 11.1. The van der Waals surface area contributed by atoms with Crippen LogP contribution in [0.3, 0.4) is 0 Å². The summed E-state index contributed by atoms with van der Waals surface area (Å²) in [5.74, 6) is -1.80. The zero-order valence-corrected chi connectivity index (χ0v) is 11.1. The molecule has 1 saturated carbocycles. The van der Waals surface area contributed by atoms with Crippen molar-refractivity contribution in [3.63, 3.8) is 0 Å². The van der Waals surface area contributed by atoms with Gasteiger partial charge in [-0.3, -0.25) is 4.79 Å². The van der Waals surface area contributed by atoms with Crippen molar-refractivity contribution in [2.75, 3.05) is 6.54 Å². The molecule has 0 aromatic carbocycles. The molecule has 2 N–H and O–H groups in total. The maximum atomic E-state index is 12.9. The Balaban J connectivity index is 1.97. The van der Waals surface area contributed by atoms with Crippen molar-refractivity contribution in [1.82, 2.24) is 10.6 Å². The summed E-state index contributed by atoms with van der Waals surface area (Å²) < 4.78 is 38.8. The number of hydrogen-bond donors (Lipinski definition) is 2. The van der Waals surface area contributed by atoms with E-state index in [1.807, 2.05) is 6.92 Å². The highest BCUT2D eigenvalue weighted by atomic mass is 19.4. The first-order chi connectivity index (χ1) is 8.89. The van der Waals surface area contributed by atoms with Gasteiger partial charge in [0, 0.05) is 12.1 Å². The van der Waals surface area contributed by atoms with E-state index < -0.39 is 18.1 Å². The molecule has 4 unspecified atom stereocenters. The SMILES string of the molecule is CC1NCCC1C(=O)NC1CCCCC1C(F)(F)F. The summed E-state index contributed by atoms with van der Waals surface area (Å²) in [7, 11) is 0. The molecule has 2 rings (SSSR count). The summed E-state index contributed by atoms with van der Waals surface area (Å²) in [6.07, 6.45) is -1.58. The summed E-state index contributed by atoms with van der Waals surface area (Å²) >= 11 is 0. The highest BCUT2D eigenvalue weighted by Gasteiger charge is 2.46. The molecule has 1 saturated heterocycles. The minimum atomic E-state index is -4.21. The van der Waals surface area contributed by atoms with E-state index >= 15 is 0 Å². The number of nitrogens with one attached hydrogen (secondary N) is 2. The van der Waals surface area contributed by atoms with Gasteiger partial charge >= 0.3 is 6.18 Å². The molecule has 2 aliphatic rings. The van der Waals surface area contributed by atoms with Gasteiger partial charge in [-0.05, 0) is 32.7 Å². The van der Waals surface area contributed by atoms with Crippen molar-refractivity contribution in [1.29, 1.82) is 0 Å². The van der Waals surface area contributed by atoms with Crippen molar-refractivity contribution < 1.29 is 18.0 Å². The van der Waals surface area contributed by atoms with Crippen LogP contribution in [0.2, 0.25) is 0 Å². The third-order valence-electron chi connectivity index (χ3n) is 4.38. The topological polar surface area (TPSA) is 41.1 Å². The van der Waals surface area contributed by atoms with Crippen LogP contribution in [0.25, 0.3) is 0 Å². The van der Waals surface area contributed by atoms with Crippen molar-refractivity contribution in [3.05, 3.63) is 0 Å². The van der Waals surface area contributed by atoms with E-state index in [0.717, 1.165) is 13.0 Å². The first-order valence-electron chi connectivity index (χ1n) is 7.00. The summed E-state index contributed by atoms with van der Waals surface area (Å²) in [6, 6.07) is -0.693. The van der Waals surface area contributed by atoms with E-state index in [1.54, 1.807) is 0 Å². The molecule has 1 aliphatic carbocycles. The van der Waals surface area contributed by atoms with Crippen molar-refractivity contribution in [2.45, 2.75) is 57.3 Å². The standard InChI is InChI=1S/C13H21F3N2O/c1-8-9(6-7-17-8)12(19)18-11-5-3-2-4-10(11)13(14,15)16/h8-11,17H,2-7H2,1H3,(H,18,19). The summed E-state index contributed by atoms with van der Waals surface area (Å²) in [5, 5.41) is 5.80. The van der Waals surface area contributed by atoms with Gasteiger partial charge in [-0.1, -0.05) is 12.8 Å². The van der Waals surface area contributed by atoms with Crippen LogP contribution in [0, 0.1) is 11.8 Å². The molecule has 2 fully saturated rings. The Bertz CT molecular complexity index is 332. The normalized spacial score (nSPS) is 36.2. The van der Waals surface area contributed by atoms with Crippen LogP contribution in [0.4, 0.5) is 13.2 Å². The monoisotopic (exact) mass is 278 g/mol. The van der Waals surface area contributed by atoms with Gasteiger partial charge in [-0.25, -0.2) is 0 Å². The average molecular weight is 278 g/mol. The third kappa shape index (κ3) is 3.41. The fourth-order valence-electron chi connectivity index (χ4n) is 3.20. The Morgan fingerprint density at radius 3 is 2.47 bits per heavy atom. The first-order valence-corrected chi connectivity index (χ1v) is 7.00. The van der Waals surface area contributed by atoms with Crippen LogP contribution < -0.4 is 10.6 Å². The predicted molar refractivity (Wildman–Crippen MR) is 65.5 cm³/mol. The Morgan fingerprint density at radius 2 is 1.89 bits per heavy atom. The van der Waals surface area contributed by atoms with Crippen LogP contribution >= 0.6 is 0 Å². The number of amides is 1. The molecule has 3 nitrogen and oxygen atoms in total. The predicted octanol–water partition coefficient (Wildman–Crippen LogP) is 2.22. The maximum Gasteiger partial charge on any atom is 0.393 e. The minimum Gasteiger partial charge on any atom is -0.352 e. The summed E-state index contributed by atoms with van der Waals surface area (Å²) in [4.78, 5) is 12.1. The van der Waals surface area contributed by atoms with Crippen LogP contribution in [0.5, 0.6) is 0 Å². The summed E-state index contributed by atoms with van der Waals surface area (Å²) in [5.41, 5.74) is 0. The second-order valence-corrected chi connectivity index (χ2v) is 5.69. The lowest BCUT2D eigenvalue weighted by molar-refractivity contribution is -0.189. The molecule has 19 heavy (non-hydrogen) atoms. The van der Waals surface area contributed by atoms with E-state index in [9.17, 15) is 18.0 Å². The zero-order chi connectivity index (χ0) is 14.0. The molecule has 0 radical (unpaired) electrons. The first kappa shape index (κ1) is 14.6. The molecule has 0 aromatic heterocycles. The number of carbonyl (C=O) groups excluding carboxylic acids is 1. The highest BCUT2D eigenvalue weighted by molar-refractivity contribution is 5.80. The highest BCUT2D eigenvalue weighted by Crippen LogP contribution is 2.37. The van der Waals surface area contributed by atoms with Gasteiger partial charge < -0.3 is 10.6 Å². The van der Waals surface area contributed by atoms with Crippen LogP contribution in [0.1, 0.15) is 39.0 Å². The van der Waals surface area contributed by atoms with E-state index in [2.05, 4.69) is 10.6 Å².